The zero-order valence-corrected chi connectivity index (χ0v) is 10.0. The number of hydrogen-bond acceptors (Lipinski definition) is 1. The summed E-state index contributed by atoms with van der Waals surface area (Å²) >= 11 is 0. The molecule has 0 bridgehead atoms. The van der Waals surface area contributed by atoms with Crippen LogP contribution in [-0.2, 0) is 0 Å². The summed E-state index contributed by atoms with van der Waals surface area (Å²) in [6, 6.07) is 6.99. The van der Waals surface area contributed by atoms with Crippen LogP contribution >= 0.6 is 0 Å². The van der Waals surface area contributed by atoms with Crippen LogP contribution < -0.4 is 5.32 Å². The van der Waals surface area contributed by atoms with Crippen molar-refractivity contribution in [1.82, 2.24) is 0 Å². The first-order valence-corrected chi connectivity index (χ1v) is 5.50. The maximum Gasteiger partial charge on any atom is 0.255 e. The van der Waals surface area contributed by atoms with Crippen molar-refractivity contribution in [1.29, 1.82) is 0 Å². The fourth-order valence-corrected chi connectivity index (χ4v) is 1.51. The van der Waals surface area contributed by atoms with Gasteiger partial charge in [-0.2, -0.15) is 0 Å². The van der Waals surface area contributed by atoms with E-state index in [-0.39, 0.29) is 11.3 Å². The van der Waals surface area contributed by atoms with E-state index in [0.717, 1.165) is 24.3 Å². The molecule has 0 atom stereocenters. The maximum absolute atomic E-state index is 13.3. The second-order valence-corrected chi connectivity index (χ2v) is 4.05. The van der Waals surface area contributed by atoms with E-state index < -0.39 is 23.4 Å². The van der Waals surface area contributed by atoms with Gasteiger partial charge >= 0.3 is 0 Å². The normalized spacial score (nSPS) is 10.3. The summed E-state index contributed by atoms with van der Waals surface area (Å²) in [4.78, 5) is 11.8. The van der Waals surface area contributed by atoms with Gasteiger partial charge < -0.3 is 5.32 Å². The SMILES string of the molecule is Cc1ccc(NC(=O)c2ccc(F)c(F)c2)cc1F. The molecule has 1 amide bonds. The highest BCUT2D eigenvalue weighted by molar-refractivity contribution is 6.04. The zero-order valence-electron chi connectivity index (χ0n) is 10.0. The van der Waals surface area contributed by atoms with Crippen molar-refractivity contribution in [2.24, 2.45) is 0 Å². The van der Waals surface area contributed by atoms with Crippen LogP contribution in [0.5, 0.6) is 0 Å². The number of hydrogen-bond donors (Lipinski definition) is 1. The molecule has 0 heterocycles. The Hall–Kier alpha value is -2.30. The number of nitrogens with one attached hydrogen (secondary N) is 1. The molecule has 0 aliphatic rings. The van der Waals surface area contributed by atoms with E-state index in [2.05, 4.69) is 5.32 Å². The summed E-state index contributed by atoms with van der Waals surface area (Å²) in [6.45, 7) is 1.59. The number of carbonyl (C=O) groups excluding carboxylic acids is 1. The molecule has 1 N–H and O–H groups in total. The second-order valence-electron chi connectivity index (χ2n) is 4.05. The third-order valence-corrected chi connectivity index (χ3v) is 2.61. The lowest BCUT2D eigenvalue weighted by Crippen LogP contribution is -2.12. The Kier molecular flexibility index (Phi) is 3.55. The average Bonchev–Trinajstić information content (AvgIpc) is 2.37. The Morgan fingerprint density at radius 1 is 0.947 bits per heavy atom. The van der Waals surface area contributed by atoms with Crippen molar-refractivity contribution in [3.05, 3.63) is 65.0 Å². The molecule has 19 heavy (non-hydrogen) atoms. The summed E-state index contributed by atoms with van der Waals surface area (Å²) in [7, 11) is 0. The molecule has 2 aromatic rings. The van der Waals surface area contributed by atoms with Crippen LogP contribution in [0.1, 0.15) is 15.9 Å². The molecule has 2 aromatic carbocycles. The predicted molar refractivity (Wildman–Crippen MR) is 65.4 cm³/mol. The highest BCUT2D eigenvalue weighted by atomic mass is 19.2. The minimum Gasteiger partial charge on any atom is -0.322 e. The minimum absolute atomic E-state index is 0.0418. The number of benzene rings is 2. The quantitative estimate of drug-likeness (QED) is 0.882. The van der Waals surface area contributed by atoms with Crippen LogP contribution in [-0.4, -0.2) is 5.91 Å². The van der Waals surface area contributed by atoms with Crippen molar-refractivity contribution in [2.75, 3.05) is 5.32 Å². The van der Waals surface area contributed by atoms with Gasteiger partial charge in [0, 0.05) is 11.3 Å². The smallest absolute Gasteiger partial charge is 0.255 e. The standard InChI is InChI=1S/C14H10F3NO/c1-8-2-4-10(7-12(8)16)18-14(19)9-3-5-11(15)13(17)6-9/h2-7H,1H3,(H,18,19). The molecule has 5 heteroatoms. The Labute approximate surface area is 107 Å². The molecule has 98 valence electrons. The second kappa shape index (κ2) is 5.14. The van der Waals surface area contributed by atoms with E-state index in [1.54, 1.807) is 6.92 Å². The van der Waals surface area contributed by atoms with Crippen LogP contribution in [0.15, 0.2) is 36.4 Å². The zero-order chi connectivity index (χ0) is 14.0. The van der Waals surface area contributed by atoms with E-state index in [4.69, 9.17) is 0 Å². The van der Waals surface area contributed by atoms with Crippen molar-refractivity contribution in [3.63, 3.8) is 0 Å². The third kappa shape index (κ3) is 2.93. The van der Waals surface area contributed by atoms with E-state index in [1.165, 1.54) is 12.1 Å². The first-order valence-electron chi connectivity index (χ1n) is 5.50. The van der Waals surface area contributed by atoms with Gasteiger partial charge in [0.2, 0.25) is 0 Å². The van der Waals surface area contributed by atoms with Gasteiger partial charge in [-0.25, -0.2) is 13.2 Å². The Morgan fingerprint density at radius 3 is 2.32 bits per heavy atom. The number of anilines is 1. The minimum atomic E-state index is -1.11. The highest BCUT2D eigenvalue weighted by Crippen LogP contribution is 2.15. The molecular weight excluding hydrogens is 255 g/mol. The largest absolute Gasteiger partial charge is 0.322 e. The Morgan fingerprint density at radius 2 is 1.68 bits per heavy atom. The Balaban J connectivity index is 2.20. The molecule has 0 fully saturated rings. The Bertz CT molecular complexity index is 641. The summed E-state index contributed by atoms with van der Waals surface area (Å²) in [5.41, 5.74) is 0.656. The summed E-state index contributed by atoms with van der Waals surface area (Å²) in [5, 5.41) is 2.40. The lowest BCUT2D eigenvalue weighted by atomic mass is 10.1. The molecule has 2 nitrogen and oxygen atoms in total. The molecule has 0 radical (unpaired) electrons. The van der Waals surface area contributed by atoms with Gasteiger partial charge in [0.1, 0.15) is 5.82 Å². The maximum atomic E-state index is 13.3. The molecule has 0 aliphatic heterocycles. The monoisotopic (exact) mass is 265 g/mol. The van der Waals surface area contributed by atoms with Crippen molar-refractivity contribution >= 4 is 11.6 Å². The molecule has 0 spiro atoms. The van der Waals surface area contributed by atoms with Gasteiger partial charge in [0.25, 0.3) is 5.91 Å². The molecule has 0 saturated carbocycles. The van der Waals surface area contributed by atoms with Gasteiger partial charge in [-0.3, -0.25) is 4.79 Å². The van der Waals surface area contributed by atoms with E-state index in [0.29, 0.717) is 5.56 Å². The van der Waals surface area contributed by atoms with Gasteiger partial charge in [-0.1, -0.05) is 6.07 Å². The van der Waals surface area contributed by atoms with Gasteiger partial charge in [-0.05, 0) is 42.8 Å². The van der Waals surface area contributed by atoms with Crippen LogP contribution in [0.25, 0.3) is 0 Å². The molecule has 0 aromatic heterocycles. The van der Waals surface area contributed by atoms with Crippen LogP contribution in [0.2, 0.25) is 0 Å². The number of rotatable bonds is 2. The lowest BCUT2D eigenvalue weighted by Gasteiger charge is -2.06. The van der Waals surface area contributed by atoms with Crippen molar-refractivity contribution in [3.8, 4) is 0 Å². The van der Waals surface area contributed by atoms with Crippen molar-refractivity contribution in [2.45, 2.75) is 6.92 Å². The number of halogens is 3. The number of aryl methyl sites for hydroxylation is 1. The van der Waals surface area contributed by atoms with Gasteiger partial charge in [-0.15, -0.1) is 0 Å². The van der Waals surface area contributed by atoms with Crippen LogP contribution in [0.4, 0.5) is 18.9 Å². The van der Waals surface area contributed by atoms with Crippen LogP contribution in [0.3, 0.4) is 0 Å². The molecule has 2 rings (SSSR count). The predicted octanol–water partition coefficient (Wildman–Crippen LogP) is 3.66. The molecule has 0 aliphatic carbocycles. The highest BCUT2D eigenvalue weighted by Gasteiger charge is 2.10. The van der Waals surface area contributed by atoms with Gasteiger partial charge in [0.15, 0.2) is 11.6 Å². The molecule has 0 saturated heterocycles. The first kappa shape index (κ1) is 13.1. The average molecular weight is 265 g/mol. The third-order valence-electron chi connectivity index (χ3n) is 2.61. The summed E-state index contributed by atoms with van der Waals surface area (Å²) < 4.78 is 39.0. The fourth-order valence-electron chi connectivity index (χ4n) is 1.51. The van der Waals surface area contributed by atoms with E-state index in [9.17, 15) is 18.0 Å². The number of amides is 1. The van der Waals surface area contributed by atoms with Crippen LogP contribution in [0, 0.1) is 24.4 Å². The summed E-state index contributed by atoms with van der Waals surface area (Å²) in [6.07, 6.45) is 0. The molecule has 0 unspecified atom stereocenters. The lowest BCUT2D eigenvalue weighted by molar-refractivity contribution is 0.102. The van der Waals surface area contributed by atoms with E-state index in [1.807, 2.05) is 0 Å². The summed E-state index contributed by atoms with van der Waals surface area (Å²) in [5.74, 6) is -3.23. The van der Waals surface area contributed by atoms with Gasteiger partial charge in [0.05, 0.1) is 0 Å². The number of carbonyl (C=O) groups is 1. The molecular formula is C14H10F3NO. The van der Waals surface area contributed by atoms with Crippen molar-refractivity contribution < 1.29 is 18.0 Å². The first-order chi connectivity index (χ1) is 8.97. The fraction of sp³-hybridized carbons (Fsp3) is 0.0714. The topological polar surface area (TPSA) is 29.1 Å². The van der Waals surface area contributed by atoms with E-state index >= 15 is 0 Å².